The Hall–Kier alpha value is -1.37. The summed E-state index contributed by atoms with van der Waals surface area (Å²) >= 11 is 0. The summed E-state index contributed by atoms with van der Waals surface area (Å²) in [7, 11) is -3.52. The van der Waals surface area contributed by atoms with Crippen molar-refractivity contribution in [1.82, 2.24) is 4.31 Å². The van der Waals surface area contributed by atoms with Crippen LogP contribution in [0.25, 0.3) is 0 Å². The molecule has 0 N–H and O–H groups in total. The molecule has 0 saturated heterocycles. The lowest BCUT2D eigenvalue weighted by atomic mass is 9.83. The molecule has 0 aromatic heterocycles. The second-order valence-corrected chi connectivity index (χ2v) is 16.2. The Morgan fingerprint density at radius 2 is 1.73 bits per heavy atom. The van der Waals surface area contributed by atoms with Crippen LogP contribution in [-0.2, 0) is 14.4 Å². The predicted molar refractivity (Wildman–Crippen MR) is 142 cm³/mol. The van der Waals surface area contributed by atoms with Crippen LogP contribution in [0, 0.1) is 12.8 Å². The zero-order valence-corrected chi connectivity index (χ0v) is 23.5. The first-order chi connectivity index (χ1) is 15.7. The zero-order chi connectivity index (χ0) is 24.5. The molecule has 2 rings (SSSR count). The van der Waals surface area contributed by atoms with E-state index >= 15 is 0 Å². The van der Waals surface area contributed by atoms with E-state index in [0.717, 1.165) is 49.4 Å². The number of likely N-dealkylation sites (N-methyl/N-ethyl adjacent to an activating group) is 1. The third-order valence-electron chi connectivity index (χ3n) is 7.26. The molecule has 1 aliphatic rings. The second kappa shape index (κ2) is 12.9. The Morgan fingerprint density at radius 1 is 1.09 bits per heavy atom. The molecule has 0 aliphatic heterocycles. The molecule has 33 heavy (non-hydrogen) atoms. The van der Waals surface area contributed by atoms with Gasteiger partial charge < -0.3 is 4.43 Å². The molecule has 0 amide bonds. The molecule has 1 aromatic rings. The minimum absolute atomic E-state index is 0.348. The van der Waals surface area contributed by atoms with Crippen molar-refractivity contribution in [2.24, 2.45) is 5.92 Å². The second-order valence-electron chi connectivity index (χ2n) is 9.42. The molecule has 4 nitrogen and oxygen atoms in total. The third-order valence-corrected chi connectivity index (χ3v) is 13.6. The summed E-state index contributed by atoms with van der Waals surface area (Å²) in [4.78, 5) is 0.348. The van der Waals surface area contributed by atoms with Gasteiger partial charge in [-0.05, 0) is 68.4 Å². The summed E-state index contributed by atoms with van der Waals surface area (Å²) in [5.41, 5.74) is 2.52. The molecular weight excluding hydrogens is 446 g/mol. The van der Waals surface area contributed by atoms with Gasteiger partial charge in [0, 0.05) is 25.9 Å². The smallest absolute Gasteiger partial charge is 0.250 e. The highest BCUT2D eigenvalue weighted by Crippen LogP contribution is 2.38. The van der Waals surface area contributed by atoms with Gasteiger partial charge in [0.15, 0.2) is 0 Å². The Kier molecular flexibility index (Phi) is 10.9. The first-order valence-electron chi connectivity index (χ1n) is 12.8. The molecule has 1 aliphatic carbocycles. The van der Waals surface area contributed by atoms with Gasteiger partial charge in [-0.25, -0.2) is 8.42 Å². The van der Waals surface area contributed by atoms with Gasteiger partial charge in [0.25, 0.3) is 0 Å². The van der Waals surface area contributed by atoms with Crippen LogP contribution in [0.4, 0.5) is 0 Å². The minimum Gasteiger partial charge on any atom is -0.547 e. The fourth-order valence-electron chi connectivity index (χ4n) is 4.63. The van der Waals surface area contributed by atoms with E-state index < -0.39 is 18.3 Å². The van der Waals surface area contributed by atoms with Gasteiger partial charge >= 0.3 is 0 Å². The van der Waals surface area contributed by atoms with Crippen LogP contribution in [0.2, 0.25) is 18.1 Å². The van der Waals surface area contributed by atoms with Gasteiger partial charge in [-0.1, -0.05) is 64.0 Å². The average molecular weight is 492 g/mol. The number of nitrogens with zero attached hydrogens (tertiary/aromatic N) is 1. The fourth-order valence-corrected chi connectivity index (χ4v) is 8.45. The largest absolute Gasteiger partial charge is 0.547 e. The normalized spacial score (nSPS) is 17.8. The molecule has 0 spiro atoms. The Labute approximate surface area is 204 Å². The van der Waals surface area contributed by atoms with Gasteiger partial charge in [-0.3, -0.25) is 0 Å². The van der Waals surface area contributed by atoms with Crippen molar-refractivity contribution >= 4 is 18.3 Å². The number of allylic oxidation sites excluding steroid dienone is 3. The van der Waals surface area contributed by atoms with E-state index in [1.54, 1.807) is 19.2 Å². The molecular formula is C27H45NO3SSi. The number of aryl methyl sites for hydroxylation is 1. The topological polar surface area (TPSA) is 46.6 Å². The number of benzene rings is 1. The summed E-state index contributed by atoms with van der Waals surface area (Å²) in [6.45, 7) is 11.4. The lowest BCUT2D eigenvalue weighted by molar-refractivity contribution is 0.340. The van der Waals surface area contributed by atoms with Crippen molar-refractivity contribution in [3.05, 3.63) is 53.3 Å². The van der Waals surface area contributed by atoms with E-state index in [4.69, 9.17) is 4.43 Å². The van der Waals surface area contributed by atoms with Crippen molar-refractivity contribution in [3.8, 4) is 0 Å². The SMILES string of the molecule is CCCCC1=C(O[Si](CC)(CC)CC)CCC[C@@H]1/C=C/CN(C)S(=O)(=O)c1ccc(C)cc1. The highest BCUT2D eigenvalue weighted by atomic mass is 32.2. The van der Waals surface area contributed by atoms with Crippen molar-refractivity contribution in [2.75, 3.05) is 13.6 Å². The number of unbranched alkanes of at least 4 members (excludes halogenated alkanes) is 1. The molecule has 0 heterocycles. The molecule has 186 valence electrons. The molecule has 0 bridgehead atoms. The molecule has 0 radical (unpaired) electrons. The van der Waals surface area contributed by atoms with Crippen molar-refractivity contribution in [2.45, 2.75) is 96.2 Å². The van der Waals surface area contributed by atoms with E-state index in [0.29, 0.717) is 17.4 Å². The Bertz CT molecular complexity index is 894. The van der Waals surface area contributed by atoms with Crippen LogP contribution in [0.1, 0.15) is 71.8 Å². The maximum atomic E-state index is 12.9. The predicted octanol–water partition coefficient (Wildman–Crippen LogP) is 7.44. The molecule has 0 saturated carbocycles. The summed E-state index contributed by atoms with van der Waals surface area (Å²) in [6.07, 6.45) is 11.0. The van der Waals surface area contributed by atoms with Crippen LogP contribution in [0.15, 0.2) is 52.6 Å². The van der Waals surface area contributed by atoms with Gasteiger partial charge in [-0.2, -0.15) is 4.31 Å². The van der Waals surface area contributed by atoms with Gasteiger partial charge in [-0.15, -0.1) is 0 Å². The lowest BCUT2D eigenvalue weighted by Crippen LogP contribution is -2.36. The molecule has 0 unspecified atom stereocenters. The maximum absolute atomic E-state index is 12.9. The number of sulfonamides is 1. The highest BCUT2D eigenvalue weighted by Gasteiger charge is 2.34. The Balaban J connectivity index is 2.20. The van der Waals surface area contributed by atoms with Crippen LogP contribution in [0.3, 0.4) is 0 Å². The minimum atomic E-state index is -3.48. The Morgan fingerprint density at radius 3 is 2.30 bits per heavy atom. The van der Waals surface area contributed by atoms with E-state index in [1.807, 2.05) is 25.1 Å². The molecule has 0 fully saturated rings. The highest BCUT2D eigenvalue weighted by molar-refractivity contribution is 7.89. The van der Waals surface area contributed by atoms with E-state index in [-0.39, 0.29) is 0 Å². The summed E-state index contributed by atoms with van der Waals surface area (Å²) in [5, 5.41) is 0. The number of hydrogen-bond acceptors (Lipinski definition) is 3. The van der Waals surface area contributed by atoms with Gasteiger partial charge in [0.1, 0.15) is 0 Å². The number of hydrogen-bond donors (Lipinski definition) is 0. The van der Waals surface area contributed by atoms with Crippen LogP contribution >= 0.6 is 0 Å². The quantitative estimate of drug-likeness (QED) is 0.213. The summed E-state index contributed by atoms with van der Waals surface area (Å²) in [6, 6.07) is 10.5. The average Bonchev–Trinajstić information content (AvgIpc) is 2.82. The van der Waals surface area contributed by atoms with Gasteiger partial charge in [0.2, 0.25) is 18.3 Å². The zero-order valence-electron chi connectivity index (χ0n) is 21.7. The van der Waals surface area contributed by atoms with E-state index in [1.165, 1.54) is 28.5 Å². The molecule has 6 heteroatoms. The lowest BCUT2D eigenvalue weighted by Gasteiger charge is -2.35. The number of rotatable bonds is 13. The molecule has 1 aromatic carbocycles. The van der Waals surface area contributed by atoms with Crippen LogP contribution in [-0.4, -0.2) is 34.6 Å². The van der Waals surface area contributed by atoms with Crippen molar-refractivity contribution < 1.29 is 12.8 Å². The summed E-state index contributed by atoms with van der Waals surface area (Å²) in [5.74, 6) is 1.62. The third kappa shape index (κ3) is 7.30. The standard InChI is InChI=1S/C27H45NO3SSi/c1-7-11-16-26-24(14-12-17-27(26)31-33(8-2,9-3)10-4)15-13-22-28(6)32(29,30)25-20-18-23(5)19-21-25/h13,15,18-21,24H,7-12,14,16-17,22H2,1-6H3/b15-13+/t24-/m1/s1. The van der Waals surface area contributed by atoms with Crippen LogP contribution in [0.5, 0.6) is 0 Å². The van der Waals surface area contributed by atoms with Gasteiger partial charge in [0.05, 0.1) is 10.7 Å². The maximum Gasteiger partial charge on any atom is 0.250 e. The van der Waals surface area contributed by atoms with Crippen LogP contribution < -0.4 is 0 Å². The van der Waals surface area contributed by atoms with Crippen molar-refractivity contribution in [3.63, 3.8) is 0 Å². The first kappa shape index (κ1) is 27.9. The summed E-state index contributed by atoms with van der Waals surface area (Å²) < 4.78 is 34.1. The van der Waals surface area contributed by atoms with E-state index in [9.17, 15) is 8.42 Å². The fraction of sp³-hybridized carbons (Fsp3) is 0.630. The van der Waals surface area contributed by atoms with Crippen molar-refractivity contribution in [1.29, 1.82) is 0 Å². The monoisotopic (exact) mass is 491 g/mol. The van der Waals surface area contributed by atoms with E-state index in [2.05, 4.69) is 33.8 Å². The first-order valence-corrected chi connectivity index (χ1v) is 16.8. The molecule has 1 atom stereocenters.